The van der Waals surface area contributed by atoms with E-state index < -0.39 is 11.7 Å². The van der Waals surface area contributed by atoms with Crippen molar-refractivity contribution in [2.45, 2.75) is 19.6 Å². The maximum Gasteiger partial charge on any atom is 0.416 e. The molecule has 1 heterocycles. The predicted octanol–water partition coefficient (Wildman–Crippen LogP) is 4.97. The lowest BCUT2D eigenvalue weighted by molar-refractivity contribution is -0.137. The third-order valence-electron chi connectivity index (χ3n) is 3.99. The lowest BCUT2D eigenvalue weighted by Crippen LogP contribution is -2.21. The molecule has 3 aromatic rings. The van der Waals surface area contributed by atoms with Crippen LogP contribution in [-0.2, 0) is 12.7 Å². The maximum atomic E-state index is 12.7. The summed E-state index contributed by atoms with van der Waals surface area (Å²) in [6.07, 6.45) is -2.54. The Balaban J connectivity index is 1.96. The molecule has 0 atom stereocenters. The molecule has 3 nitrogen and oxygen atoms in total. The van der Waals surface area contributed by atoms with Gasteiger partial charge in [0, 0.05) is 23.8 Å². The number of benzene rings is 2. The van der Waals surface area contributed by atoms with Crippen molar-refractivity contribution in [1.29, 1.82) is 0 Å². The van der Waals surface area contributed by atoms with Gasteiger partial charge >= 0.3 is 6.18 Å². The number of aromatic nitrogens is 1. The Bertz CT molecular complexity index is 969. The molecule has 1 amide bonds. The number of nitrogens with one attached hydrogen (secondary N) is 1. The number of rotatable bonds is 4. The van der Waals surface area contributed by atoms with E-state index in [1.807, 2.05) is 22.9 Å². The van der Waals surface area contributed by atoms with Gasteiger partial charge in [-0.2, -0.15) is 13.2 Å². The fourth-order valence-corrected chi connectivity index (χ4v) is 2.83. The van der Waals surface area contributed by atoms with Gasteiger partial charge in [0.25, 0.3) is 5.91 Å². The summed E-state index contributed by atoms with van der Waals surface area (Å²) in [7, 11) is 0. The van der Waals surface area contributed by atoms with Crippen LogP contribution in [0.25, 0.3) is 10.9 Å². The molecule has 0 unspecified atom stereocenters. The first-order valence-electron chi connectivity index (χ1n) is 7.96. The number of allylic oxidation sites excluding steroid dienone is 1. The number of halogens is 3. The second kappa shape index (κ2) is 6.71. The van der Waals surface area contributed by atoms with E-state index in [1.54, 1.807) is 19.1 Å². The highest BCUT2D eigenvalue weighted by atomic mass is 19.4. The molecular formula is C20H17F3N2O. The molecule has 0 aliphatic carbocycles. The minimum Gasteiger partial charge on any atom is -0.342 e. The van der Waals surface area contributed by atoms with E-state index in [0.717, 1.165) is 23.0 Å². The molecule has 0 spiro atoms. The van der Waals surface area contributed by atoms with Gasteiger partial charge in [0.15, 0.2) is 0 Å². The number of carbonyl (C=O) groups is 1. The van der Waals surface area contributed by atoms with E-state index in [0.29, 0.717) is 23.4 Å². The van der Waals surface area contributed by atoms with Crippen molar-refractivity contribution in [2.75, 3.05) is 0 Å². The number of alkyl halides is 3. The Kier molecular flexibility index (Phi) is 4.59. The first-order chi connectivity index (χ1) is 12.3. The zero-order valence-electron chi connectivity index (χ0n) is 14.1. The molecule has 2 aromatic carbocycles. The fraction of sp³-hybridized carbons (Fsp3) is 0.150. The van der Waals surface area contributed by atoms with Crippen molar-refractivity contribution in [1.82, 2.24) is 9.88 Å². The van der Waals surface area contributed by atoms with Gasteiger partial charge in [-0.15, -0.1) is 0 Å². The van der Waals surface area contributed by atoms with Crippen molar-refractivity contribution in [3.63, 3.8) is 0 Å². The van der Waals surface area contributed by atoms with Crippen LogP contribution in [0.3, 0.4) is 0 Å². The van der Waals surface area contributed by atoms with Crippen LogP contribution in [0.15, 0.2) is 67.0 Å². The molecule has 0 radical (unpaired) electrons. The first-order valence-corrected chi connectivity index (χ1v) is 7.96. The van der Waals surface area contributed by atoms with Gasteiger partial charge in [0.05, 0.1) is 16.6 Å². The highest BCUT2D eigenvalue weighted by Crippen LogP contribution is 2.29. The molecule has 0 bridgehead atoms. The molecule has 0 aliphatic heterocycles. The van der Waals surface area contributed by atoms with Gasteiger partial charge in [-0.3, -0.25) is 4.79 Å². The van der Waals surface area contributed by atoms with Gasteiger partial charge < -0.3 is 9.88 Å². The maximum absolute atomic E-state index is 12.7. The van der Waals surface area contributed by atoms with Gasteiger partial charge in [-0.1, -0.05) is 30.8 Å². The summed E-state index contributed by atoms with van der Waals surface area (Å²) in [5, 5.41) is 3.57. The fourth-order valence-electron chi connectivity index (χ4n) is 2.83. The summed E-state index contributed by atoms with van der Waals surface area (Å²) in [6.45, 7) is 5.73. The standard InChI is InChI=1S/C20H17F3N2O/c1-13(2)24-19(26)17-5-3-4-15-10-11-25(18(15)17)12-14-6-8-16(9-7-14)20(21,22)23/h3-11H,1,12H2,2H3,(H,24,26). The number of carbonyl (C=O) groups excluding carboxylic acids is 1. The molecule has 0 fully saturated rings. The van der Waals surface area contributed by atoms with E-state index in [2.05, 4.69) is 11.9 Å². The highest BCUT2D eigenvalue weighted by Gasteiger charge is 2.29. The minimum atomic E-state index is -4.35. The van der Waals surface area contributed by atoms with Crippen molar-refractivity contribution >= 4 is 16.8 Å². The molecule has 134 valence electrons. The largest absolute Gasteiger partial charge is 0.416 e. The van der Waals surface area contributed by atoms with Crippen LogP contribution in [0.2, 0.25) is 0 Å². The zero-order chi connectivity index (χ0) is 18.9. The number of amides is 1. The van der Waals surface area contributed by atoms with Gasteiger partial charge in [0.1, 0.15) is 0 Å². The highest BCUT2D eigenvalue weighted by molar-refractivity contribution is 6.06. The predicted molar refractivity (Wildman–Crippen MR) is 94.8 cm³/mol. The van der Waals surface area contributed by atoms with E-state index in [-0.39, 0.29) is 5.91 Å². The van der Waals surface area contributed by atoms with Crippen LogP contribution >= 0.6 is 0 Å². The monoisotopic (exact) mass is 358 g/mol. The summed E-state index contributed by atoms with van der Waals surface area (Å²) < 4.78 is 39.9. The second-order valence-electron chi connectivity index (χ2n) is 6.12. The second-order valence-corrected chi connectivity index (χ2v) is 6.12. The van der Waals surface area contributed by atoms with Crippen molar-refractivity contribution in [3.8, 4) is 0 Å². The van der Waals surface area contributed by atoms with E-state index in [1.165, 1.54) is 12.1 Å². The van der Waals surface area contributed by atoms with Crippen LogP contribution in [0, 0.1) is 0 Å². The molecule has 0 saturated heterocycles. The molecule has 26 heavy (non-hydrogen) atoms. The molecule has 1 aromatic heterocycles. The Hall–Kier alpha value is -3.02. The summed E-state index contributed by atoms with van der Waals surface area (Å²) in [4.78, 5) is 12.4. The third-order valence-corrected chi connectivity index (χ3v) is 3.99. The lowest BCUT2D eigenvalue weighted by atomic mass is 10.1. The average molecular weight is 358 g/mol. The van der Waals surface area contributed by atoms with Crippen molar-refractivity contribution in [2.24, 2.45) is 0 Å². The number of hydrogen-bond acceptors (Lipinski definition) is 1. The SMILES string of the molecule is C=C(C)NC(=O)c1cccc2ccn(Cc3ccc(C(F)(F)F)cc3)c12. The lowest BCUT2D eigenvalue weighted by Gasteiger charge is -2.12. The Morgan fingerprint density at radius 2 is 1.81 bits per heavy atom. The Morgan fingerprint density at radius 3 is 2.42 bits per heavy atom. The minimum absolute atomic E-state index is 0.268. The molecule has 1 N–H and O–H groups in total. The van der Waals surface area contributed by atoms with E-state index in [4.69, 9.17) is 0 Å². The van der Waals surface area contributed by atoms with Crippen LogP contribution in [0.5, 0.6) is 0 Å². The van der Waals surface area contributed by atoms with E-state index in [9.17, 15) is 18.0 Å². The molecule has 0 aliphatic rings. The van der Waals surface area contributed by atoms with Crippen LogP contribution < -0.4 is 5.32 Å². The summed E-state index contributed by atoms with van der Waals surface area (Å²) in [5.74, 6) is -0.268. The average Bonchev–Trinajstić information content (AvgIpc) is 2.97. The van der Waals surface area contributed by atoms with Crippen molar-refractivity contribution < 1.29 is 18.0 Å². The third kappa shape index (κ3) is 3.64. The van der Waals surface area contributed by atoms with Crippen LogP contribution in [0.1, 0.15) is 28.4 Å². The number of para-hydroxylation sites is 1. The van der Waals surface area contributed by atoms with Crippen LogP contribution in [-0.4, -0.2) is 10.5 Å². The van der Waals surface area contributed by atoms with E-state index >= 15 is 0 Å². The smallest absolute Gasteiger partial charge is 0.342 e. The molecular weight excluding hydrogens is 341 g/mol. The number of hydrogen-bond donors (Lipinski definition) is 1. The van der Waals surface area contributed by atoms with Crippen molar-refractivity contribution in [3.05, 3.63) is 83.7 Å². The molecule has 6 heteroatoms. The zero-order valence-corrected chi connectivity index (χ0v) is 14.1. The quantitative estimate of drug-likeness (QED) is 0.702. The first kappa shape index (κ1) is 17.8. The van der Waals surface area contributed by atoms with Gasteiger partial charge in [0.2, 0.25) is 0 Å². The number of nitrogens with zero attached hydrogens (tertiary/aromatic N) is 1. The Morgan fingerprint density at radius 1 is 1.12 bits per heavy atom. The summed E-state index contributed by atoms with van der Waals surface area (Å²) in [6, 6.07) is 12.3. The van der Waals surface area contributed by atoms with Crippen LogP contribution in [0.4, 0.5) is 13.2 Å². The normalized spacial score (nSPS) is 11.5. The number of fused-ring (bicyclic) bond motifs is 1. The van der Waals surface area contributed by atoms with Gasteiger partial charge in [-0.05, 0) is 36.8 Å². The summed E-state index contributed by atoms with van der Waals surface area (Å²) in [5.41, 5.74) is 1.78. The van der Waals surface area contributed by atoms with Gasteiger partial charge in [-0.25, -0.2) is 0 Å². The molecule has 3 rings (SSSR count). The Labute approximate surface area is 148 Å². The topological polar surface area (TPSA) is 34.0 Å². The summed E-state index contributed by atoms with van der Waals surface area (Å²) >= 11 is 0. The molecule has 0 saturated carbocycles.